The van der Waals surface area contributed by atoms with Crippen molar-refractivity contribution in [2.75, 3.05) is 40.4 Å². The van der Waals surface area contributed by atoms with Gasteiger partial charge in [-0.3, -0.25) is 4.79 Å². The van der Waals surface area contributed by atoms with Crippen LogP contribution < -0.4 is 10.6 Å². The van der Waals surface area contributed by atoms with Crippen molar-refractivity contribution in [3.63, 3.8) is 0 Å². The van der Waals surface area contributed by atoms with Gasteiger partial charge in [0.1, 0.15) is 6.54 Å². The topological polar surface area (TPSA) is 66.0 Å². The number of amides is 1. The van der Waals surface area contributed by atoms with Gasteiger partial charge < -0.3 is 20.3 Å². The Bertz CT molecular complexity index is 487. The number of hydrogen-bond acceptors (Lipinski definition) is 4. The number of carbonyl (C=O) groups excluding carboxylic acids is 1. The highest BCUT2D eigenvalue weighted by Crippen LogP contribution is 2.07. The lowest BCUT2D eigenvalue weighted by Crippen LogP contribution is -2.39. The number of thiophene rings is 1. The van der Waals surface area contributed by atoms with E-state index in [-0.39, 0.29) is 12.5 Å². The third-order valence-electron chi connectivity index (χ3n) is 3.26. The predicted octanol–water partition coefficient (Wildman–Crippen LogP) is 1.93. The first-order chi connectivity index (χ1) is 11.5. The van der Waals surface area contributed by atoms with E-state index >= 15 is 0 Å². The van der Waals surface area contributed by atoms with Crippen molar-refractivity contribution < 1.29 is 9.53 Å². The van der Waals surface area contributed by atoms with E-state index in [1.807, 2.05) is 11.4 Å². The highest BCUT2D eigenvalue weighted by Gasteiger charge is 2.05. The summed E-state index contributed by atoms with van der Waals surface area (Å²) >= 11 is 1.69. The number of nitrogens with one attached hydrogen (secondary N) is 2. The van der Waals surface area contributed by atoms with Gasteiger partial charge in [-0.1, -0.05) is 19.9 Å². The van der Waals surface area contributed by atoms with Crippen molar-refractivity contribution in [3.05, 3.63) is 22.4 Å². The fraction of sp³-hybridized carbons (Fsp3) is 0.647. The summed E-state index contributed by atoms with van der Waals surface area (Å²) in [6.07, 6.45) is 1.06. The van der Waals surface area contributed by atoms with E-state index in [0.29, 0.717) is 31.6 Å². The van der Waals surface area contributed by atoms with E-state index in [9.17, 15) is 4.79 Å². The highest BCUT2D eigenvalue weighted by atomic mass is 32.1. The molecule has 7 heteroatoms. The molecular formula is C17H30N4O2S. The minimum atomic E-state index is -0.0274. The van der Waals surface area contributed by atoms with Gasteiger partial charge in [0, 0.05) is 32.1 Å². The highest BCUT2D eigenvalue weighted by molar-refractivity contribution is 7.09. The summed E-state index contributed by atoms with van der Waals surface area (Å²) < 4.78 is 5.59. The van der Waals surface area contributed by atoms with Crippen LogP contribution in [0.25, 0.3) is 0 Å². The molecule has 24 heavy (non-hydrogen) atoms. The molecule has 0 saturated carbocycles. The second-order valence-corrected chi connectivity index (χ2v) is 7.14. The Hall–Kier alpha value is -1.60. The Morgan fingerprint density at radius 3 is 2.75 bits per heavy atom. The fourth-order valence-corrected chi connectivity index (χ4v) is 2.35. The average Bonchev–Trinajstić information content (AvgIpc) is 3.05. The summed E-state index contributed by atoms with van der Waals surface area (Å²) in [4.78, 5) is 18.8. The summed E-state index contributed by atoms with van der Waals surface area (Å²) in [5.74, 6) is 1.26. The van der Waals surface area contributed by atoms with Crippen LogP contribution in [0.1, 0.15) is 25.1 Å². The van der Waals surface area contributed by atoms with Crippen LogP contribution in [-0.4, -0.2) is 57.2 Å². The average molecular weight is 355 g/mol. The number of rotatable bonds is 10. The summed E-state index contributed by atoms with van der Waals surface area (Å²) in [7, 11) is 3.46. The second kappa shape index (κ2) is 11.9. The number of aliphatic imine (C=N–C) groups is 1. The molecule has 1 aromatic heterocycles. The summed E-state index contributed by atoms with van der Waals surface area (Å²) in [5.41, 5.74) is 0. The first-order valence-electron chi connectivity index (χ1n) is 8.31. The zero-order valence-corrected chi connectivity index (χ0v) is 16.0. The Kier molecular flexibility index (Phi) is 10.1. The molecule has 0 aromatic carbocycles. The molecule has 2 N–H and O–H groups in total. The zero-order valence-electron chi connectivity index (χ0n) is 15.2. The maximum atomic E-state index is 11.7. The molecule has 1 rings (SSSR count). The minimum absolute atomic E-state index is 0.0274. The van der Waals surface area contributed by atoms with Crippen LogP contribution in [0, 0.1) is 5.92 Å². The first kappa shape index (κ1) is 20.4. The van der Waals surface area contributed by atoms with Crippen molar-refractivity contribution in [2.24, 2.45) is 10.9 Å². The zero-order chi connectivity index (χ0) is 17.8. The largest absolute Gasteiger partial charge is 0.380 e. The van der Waals surface area contributed by atoms with Crippen molar-refractivity contribution >= 4 is 23.2 Å². The molecule has 1 amide bonds. The lowest BCUT2D eigenvalue weighted by atomic mass is 10.1. The number of guanidine groups is 1. The molecule has 0 aliphatic rings. The number of nitrogens with zero attached hydrogens (tertiary/aromatic N) is 2. The monoisotopic (exact) mass is 354 g/mol. The van der Waals surface area contributed by atoms with E-state index in [4.69, 9.17) is 4.74 Å². The molecule has 0 saturated heterocycles. The molecule has 0 radical (unpaired) electrons. The van der Waals surface area contributed by atoms with Crippen LogP contribution in [0.4, 0.5) is 0 Å². The number of hydrogen-bond donors (Lipinski definition) is 2. The smallest absolute Gasteiger partial charge is 0.243 e. The van der Waals surface area contributed by atoms with Crippen molar-refractivity contribution in [1.82, 2.24) is 15.5 Å². The Balaban J connectivity index is 2.38. The molecule has 1 aromatic rings. The van der Waals surface area contributed by atoms with E-state index < -0.39 is 0 Å². The molecule has 0 unspecified atom stereocenters. The summed E-state index contributed by atoms with van der Waals surface area (Å²) in [5, 5.41) is 8.50. The van der Waals surface area contributed by atoms with Crippen LogP contribution in [0.2, 0.25) is 0 Å². The number of carbonyl (C=O) groups is 1. The van der Waals surface area contributed by atoms with Gasteiger partial charge in [0.15, 0.2) is 5.96 Å². The van der Waals surface area contributed by atoms with Gasteiger partial charge >= 0.3 is 0 Å². The predicted molar refractivity (Wildman–Crippen MR) is 100 cm³/mol. The molecule has 136 valence electrons. The number of ether oxygens (including phenoxy) is 1. The van der Waals surface area contributed by atoms with E-state index in [2.05, 4.69) is 35.5 Å². The maximum Gasteiger partial charge on any atom is 0.243 e. The van der Waals surface area contributed by atoms with E-state index in [1.165, 1.54) is 9.78 Å². The third kappa shape index (κ3) is 9.52. The van der Waals surface area contributed by atoms with E-state index in [0.717, 1.165) is 13.0 Å². The lowest BCUT2D eigenvalue weighted by Gasteiger charge is -2.13. The van der Waals surface area contributed by atoms with Gasteiger partial charge in [0.05, 0.1) is 13.2 Å². The quantitative estimate of drug-likeness (QED) is 0.383. The summed E-state index contributed by atoms with van der Waals surface area (Å²) in [6.45, 7) is 7.23. The van der Waals surface area contributed by atoms with Crippen molar-refractivity contribution in [2.45, 2.75) is 26.8 Å². The first-order valence-corrected chi connectivity index (χ1v) is 9.19. The normalized spacial score (nSPS) is 11.6. The SMILES string of the molecule is CC(C)CCOCCNC(=NCC(=O)N(C)C)NCc1cccs1. The molecule has 0 atom stereocenters. The maximum absolute atomic E-state index is 11.7. The Morgan fingerprint density at radius 2 is 2.12 bits per heavy atom. The molecule has 6 nitrogen and oxygen atoms in total. The van der Waals surface area contributed by atoms with Crippen molar-refractivity contribution in [1.29, 1.82) is 0 Å². The van der Waals surface area contributed by atoms with Gasteiger partial charge in [0.25, 0.3) is 0 Å². The Labute approximate surface area is 149 Å². The molecule has 0 spiro atoms. The molecule has 1 heterocycles. The van der Waals surface area contributed by atoms with E-state index in [1.54, 1.807) is 25.4 Å². The van der Waals surface area contributed by atoms with Gasteiger partial charge in [-0.25, -0.2) is 4.99 Å². The van der Waals surface area contributed by atoms with Gasteiger partial charge in [-0.05, 0) is 23.8 Å². The molecule has 0 fully saturated rings. The fourth-order valence-electron chi connectivity index (χ4n) is 1.71. The van der Waals surface area contributed by atoms with Crippen molar-refractivity contribution in [3.8, 4) is 0 Å². The summed E-state index contributed by atoms with van der Waals surface area (Å²) in [6, 6.07) is 4.08. The van der Waals surface area contributed by atoms with Crippen LogP contribution in [0.15, 0.2) is 22.5 Å². The van der Waals surface area contributed by atoms with Gasteiger partial charge in [0.2, 0.25) is 5.91 Å². The number of likely N-dealkylation sites (N-methyl/N-ethyl adjacent to an activating group) is 1. The lowest BCUT2D eigenvalue weighted by molar-refractivity contribution is -0.127. The molecule has 0 aliphatic heterocycles. The van der Waals surface area contributed by atoms with Crippen LogP contribution in [0.5, 0.6) is 0 Å². The molecular weight excluding hydrogens is 324 g/mol. The van der Waals surface area contributed by atoms with Crippen LogP contribution in [0.3, 0.4) is 0 Å². The third-order valence-corrected chi connectivity index (χ3v) is 4.14. The molecule has 0 aliphatic carbocycles. The molecule has 0 bridgehead atoms. The van der Waals surface area contributed by atoms with Gasteiger partial charge in [-0.15, -0.1) is 11.3 Å². The van der Waals surface area contributed by atoms with Gasteiger partial charge in [-0.2, -0.15) is 0 Å². The Morgan fingerprint density at radius 1 is 1.33 bits per heavy atom. The standard InChI is InChI=1S/C17H30N4O2S/c1-14(2)7-9-23-10-8-18-17(20-13-16(22)21(3)4)19-12-15-6-5-11-24-15/h5-6,11,14H,7-10,12-13H2,1-4H3,(H2,18,19,20). The second-order valence-electron chi connectivity index (χ2n) is 6.11. The van der Waals surface area contributed by atoms with Crippen LogP contribution in [-0.2, 0) is 16.1 Å². The minimum Gasteiger partial charge on any atom is -0.380 e. The van der Waals surface area contributed by atoms with Crippen LogP contribution >= 0.6 is 11.3 Å².